The van der Waals surface area contributed by atoms with E-state index in [0.717, 1.165) is 0 Å². The van der Waals surface area contributed by atoms with Crippen molar-refractivity contribution in [3.8, 4) is 5.88 Å². The van der Waals surface area contributed by atoms with Crippen molar-refractivity contribution < 1.29 is 5.11 Å². The number of rotatable bonds is 3. The van der Waals surface area contributed by atoms with Gasteiger partial charge < -0.3 is 10.8 Å². The van der Waals surface area contributed by atoms with Crippen molar-refractivity contribution in [1.82, 2.24) is 4.57 Å². The molecule has 0 saturated heterocycles. The molecular weight excluding hydrogens is 276 g/mol. The highest BCUT2D eigenvalue weighted by molar-refractivity contribution is 7.80. The normalized spacial score (nSPS) is 11.2. The molecule has 1 heterocycles. The molecule has 0 amide bonds. The van der Waals surface area contributed by atoms with Gasteiger partial charge >= 0.3 is 0 Å². The van der Waals surface area contributed by atoms with E-state index < -0.39 is 5.56 Å². The number of pyridine rings is 1. The maximum absolute atomic E-state index is 12.4. The van der Waals surface area contributed by atoms with E-state index >= 15 is 0 Å². The highest BCUT2D eigenvalue weighted by atomic mass is 32.1. The fourth-order valence-electron chi connectivity index (χ4n) is 2.00. The molecule has 0 spiro atoms. The Hall–Kier alpha value is -2.28. The maximum Gasteiger partial charge on any atom is 0.281 e. The largest absolute Gasteiger partial charge is 0.494 e. The Morgan fingerprint density at radius 2 is 2.05 bits per heavy atom. The van der Waals surface area contributed by atoms with Crippen molar-refractivity contribution in [3.05, 3.63) is 34.6 Å². The first-order valence-electron chi connectivity index (χ1n) is 6.12. The molecule has 0 saturated carbocycles. The van der Waals surface area contributed by atoms with E-state index in [9.17, 15) is 9.90 Å². The van der Waals surface area contributed by atoms with Gasteiger partial charge in [-0.2, -0.15) is 0 Å². The summed E-state index contributed by atoms with van der Waals surface area (Å²) in [4.78, 5) is 12.4. The van der Waals surface area contributed by atoms with Gasteiger partial charge in [-0.15, -0.1) is 10.2 Å². The highest BCUT2D eigenvalue weighted by Gasteiger charge is 2.14. The van der Waals surface area contributed by atoms with Crippen LogP contribution in [-0.4, -0.2) is 14.8 Å². The second-order valence-corrected chi connectivity index (χ2v) is 4.63. The molecule has 104 valence electrons. The fourth-order valence-corrected chi connectivity index (χ4v) is 2.04. The minimum atomic E-state index is -0.414. The molecule has 1 aromatic carbocycles. The van der Waals surface area contributed by atoms with Crippen molar-refractivity contribution in [2.45, 2.75) is 19.9 Å². The van der Waals surface area contributed by atoms with Gasteiger partial charge in [-0.3, -0.25) is 9.36 Å². The lowest BCUT2D eigenvalue weighted by Gasteiger charge is -2.11. The number of aromatic hydroxyl groups is 1. The van der Waals surface area contributed by atoms with E-state index in [2.05, 4.69) is 22.4 Å². The molecule has 7 heteroatoms. The van der Waals surface area contributed by atoms with E-state index in [1.165, 1.54) is 4.57 Å². The van der Waals surface area contributed by atoms with Gasteiger partial charge in [-0.25, -0.2) is 0 Å². The van der Waals surface area contributed by atoms with Crippen LogP contribution < -0.4 is 11.3 Å². The average Bonchev–Trinajstić information content (AvgIpc) is 2.43. The molecule has 3 N–H and O–H groups in total. The summed E-state index contributed by atoms with van der Waals surface area (Å²) < 4.78 is 1.27. The predicted molar refractivity (Wildman–Crippen MR) is 81.5 cm³/mol. The topological polar surface area (TPSA) is 93.0 Å². The quantitative estimate of drug-likeness (QED) is 0.670. The van der Waals surface area contributed by atoms with Crippen LogP contribution >= 0.6 is 12.2 Å². The lowest BCUT2D eigenvalue weighted by atomic mass is 10.1. The number of azo groups is 1. The Morgan fingerprint density at radius 1 is 1.40 bits per heavy atom. The van der Waals surface area contributed by atoms with Crippen LogP contribution in [0.25, 0.3) is 10.8 Å². The molecule has 20 heavy (non-hydrogen) atoms. The zero-order valence-electron chi connectivity index (χ0n) is 10.9. The fraction of sp³-hybridized carbons (Fsp3) is 0.231. The van der Waals surface area contributed by atoms with E-state index in [1.807, 2.05) is 6.92 Å². The third-order valence-electron chi connectivity index (χ3n) is 2.82. The molecule has 0 bridgehead atoms. The van der Waals surface area contributed by atoms with Crippen LogP contribution in [0, 0.1) is 0 Å². The van der Waals surface area contributed by atoms with E-state index in [4.69, 9.17) is 5.73 Å². The zero-order valence-corrected chi connectivity index (χ0v) is 11.7. The van der Waals surface area contributed by atoms with Crippen LogP contribution in [-0.2, 0) is 6.54 Å². The number of nitrogens with two attached hydrogens (primary N) is 1. The van der Waals surface area contributed by atoms with Gasteiger partial charge in [0, 0.05) is 17.3 Å². The number of nitrogens with zero attached hydrogens (tertiary/aromatic N) is 3. The van der Waals surface area contributed by atoms with Gasteiger partial charge in [0.15, 0.2) is 5.69 Å². The number of aromatic nitrogens is 1. The lowest BCUT2D eigenvalue weighted by molar-refractivity contribution is 0.412. The molecular formula is C13H14N4O2S. The second kappa shape index (κ2) is 5.79. The summed E-state index contributed by atoms with van der Waals surface area (Å²) in [6.45, 7) is 2.31. The standard InChI is InChI=1S/C13H14N4O2S/c1-2-7-17-11(18)9-6-4-3-5-8(9)10(12(17)19)15-16-13(14)20/h3-6,18H,2,7H2,1H3,(H2,14,20). The zero-order chi connectivity index (χ0) is 14.7. The minimum absolute atomic E-state index is 0.0678. The van der Waals surface area contributed by atoms with Crippen LogP contribution in [0.15, 0.2) is 39.3 Å². The number of benzene rings is 1. The SMILES string of the molecule is CCCn1c(O)c2ccccc2c(N=NC(N)=S)c1=O. The molecule has 0 aliphatic carbocycles. The Morgan fingerprint density at radius 3 is 2.65 bits per heavy atom. The van der Waals surface area contributed by atoms with Crippen molar-refractivity contribution >= 4 is 33.8 Å². The average molecular weight is 290 g/mol. The molecule has 0 fully saturated rings. The van der Waals surface area contributed by atoms with Gasteiger partial charge in [-0.05, 0) is 24.7 Å². The Bertz CT molecular complexity index is 752. The summed E-state index contributed by atoms with van der Waals surface area (Å²) >= 11 is 4.63. The monoisotopic (exact) mass is 290 g/mol. The van der Waals surface area contributed by atoms with Crippen molar-refractivity contribution in [3.63, 3.8) is 0 Å². The van der Waals surface area contributed by atoms with Gasteiger partial charge in [0.2, 0.25) is 11.0 Å². The summed E-state index contributed by atoms with van der Waals surface area (Å²) in [5.74, 6) is -0.0678. The molecule has 0 radical (unpaired) electrons. The molecule has 2 aromatic rings. The van der Waals surface area contributed by atoms with Gasteiger partial charge in [0.05, 0.1) is 0 Å². The second-order valence-electron chi connectivity index (χ2n) is 4.21. The molecule has 0 aliphatic heterocycles. The Kier molecular flexibility index (Phi) is 4.09. The summed E-state index contributed by atoms with van der Waals surface area (Å²) in [5, 5.41) is 18.5. The van der Waals surface area contributed by atoms with E-state index in [1.54, 1.807) is 24.3 Å². The van der Waals surface area contributed by atoms with Gasteiger partial charge in [0.25, 0.3) is 5.56 Å². The smallest absolute Gasteiger partial charge is 0.281 e. The van der Waals surface area contributed by atoms with Crippen molar-refractivity contribution in [1.29, 1.82) is 0 Å². The minimum Gasteiger partial charge on any atom is -0.494 e. The predicted octanol–water partition coefficient (Wildman–Crippen LogP) is 2.44. The van der Waals surface area contributed by atoms with Crippen LogP contribution in [0.2, 0.25) is 0 Å². The van der Waals surface area contributed by atoms with Crippen LogP contribution in [0.4, 0.5) is 5.69 Å². The molecule has 0 atom stereocenters. The number of hydrogen-bond donors (Lipinski definition) is 2. The number of hydrogen-bond acceptors (Lipinski definition) is 4. The summed E-state index contributed by atoms with van der Waals surface area (Å²) in [6.07, 6.45) is 0.706. The van der Waals surface area contributed by atoms with Crippen molar-refractivity contribution in [2.75, 3.05) is 0 Å². The third-order valence-corrected chi connectivity index (χ3v) is 2.90. The van der Waals surface area contributed by atoms with E-state index in [-0.39, 0.29) is 16.7 Å². The first-order valence-corrected chi connectivity index (χ1v) is 6.52. The summed E-state index contributed by atoms with van der Waals surface area (Å²) in [5.41, 5.74) is 4.98. The first kappa shape index (κ1) is 14.1. The Labute approximate surface area is 120 Å². The van der Waals surface area contributed by atoms with Crippen LogP contribution in [0.5, 0.6) is 5.88 Å². The van der Waals surface area contributed by atoms with Gasteiger partial charge in [0.1, 0.15) is 0 Å². The molecule has 6 nitrogen and oxygen atoms in total. The third kappa shape index (κ3) is 2.53. The first-order chi connectivity index (χ1) is 9.56. The molecule has 0 aliphatic rings. The molecule has 2 rings (SSSR count). The molecule has 1 aromatic heterocycles. The van der Waals surface area contributed by atoms with Crippen LogP contribution in [0.3, 0.4) is 0 Å². The summed E-state index contributed by atoms with van der Waals surface area (Å²) in [7, 11) is 0. The van der Waals surface area contributed by atoms with Gasteiger partial charge in [-0.1, -0.05) is 25.1 Å². The van der Waals surface area contributed by atoms with Crippen molar-refractivity contribution in [2.24, 2.45) is 16.0 Å². The lowest BCUT2D eigenvalue weighted by Crippen LogP contribution is -2.20. The maximum atomic E-state index is 12.4. The highest BCUT2D eigenvalue weighted by Crippen LogP contribution is 2.29. The molecule has 0 unspecified atom stereocenters. The number of thiocarbonyl (C=S) groups is 1. The summed E-state index contributed by atoms with van der Waals surface area (Å²) in [6, 6.07) is 6.94. The number of fused-ring (bicyclic) bond motifs is 1. The Balaban J connectivity index is 2.83. The van der Waals surface area contributed by atoms with Crippen LogP contribution in [0.1, 0.15) is 13.3 Å². The van der Waals surface area contributed by atoms with E-state index in [0.29, 0.717) is 23.7 Å².